The van der Waals surface area contributed by atoms with Gasteiger partial charge in [-0.05, 0) is 12.8 Å². The first kappa shape index (κ1) is 16.3. The SMILES string of the molecule is Cn1[nH]c(=O)c(=O)nc1SCCCC(C)(C)C(N)=NO. The minimum atomic E-state index is -0.789. The summed E-state index contributed by atoms with van der Waals surface area (Å²) in [5.74, 6) is 0.895. The normalized spacial score (nSPS) is 12.7. The molecule has 0 amide bonds. The second-order valence-electron chi connectivity index (χ2n) is 5.02. The zero-order chi connectivity index (χ0) is 15.3. The molecule has 1 aromatic rings. The van der Waals surface area contributed by atoms with Gasteiger partial charge in [0.15, 0.2) is 5.16 Å². The zero-order valence-corrected chi connectivity index (χ0v) is 12.5. The van der Waals surface area contributed by atoms with Crippen molar-refractivity contribution in [2.75, 3.05) is 5.75 Å². The molecule has 0 spiro atoms. The number of amidine groups is 1. The smallest absolute Gasteiger partial charge is 0.339 e. The molecule has 0 aliphatic heterocycles. The van der Waals surface area contributed by atoms with Gasteiger partial charge in [0, 0.05) is 18.2 Å². The number of oxime groups is 1. The maximum atomic E-state index is 11.2. The summed E-state index contributed by atoms with van der Waals surface area (Å²) in [6.45, 7) is 3.78. The van der Waals surface area contributed by atoms with Crippen LogP contribution in [0.25, 0.3) is 0 Å². The maximum Gasteiger partial charge on any atom is 0.339 e. The van der Waals surface area contributed by atoms with Gasteiger partial charge < -0.3 is 10.9 Å². The molecule has 112 valence electrons. The quantitative estimate of drug-likeness (QED) is 0.130. The minimum absolute atomic E-state index is 0.192. The first-order valence-corrected chi connectivity index (χ1v) is 7.04. The Bertz CT molecular complexity index is 605. The fourth-order valence-corrected chi connectivity index (χ4v) is 2.39. The Balaban J connectivity index is 2.56. The van der Waals surface area contributed by atoms with Gasteiger partial charge in [0.1, 0.15) is 5.84 Å². The van der Waals surface area contributed by atoms with Crippen LogP contribution in [0, 0.1) is 5.41 Å². The van der Waals surface area contributed by atoms with E-state index >= 15 is 0 Å². The average Bonchev–Trinajstić information content (AvgIpc) is 2.39. The molecular formula is C11H19N5O3S. The number of nitrogens with zero attached hydrogens (tertiary/aromatic N) is 3. The summed E-state index contributed by atoms with van der Waals surface area (Å²) in [6.07, 6.45) is 1.52. The number of nitrogens with one attached hydrogen (secondary N) is 1. The molecule has 0 atom stereocenters. The number of thioether (sulfide) groups is 1. The Morgan fingerprint density at radius 1 is 1.55 bits per heavy atom. The summed E-state index contributed by atoms with van der Waals surface area (Å²) < 4.78 is 1.42. The number of nitrogens with two attached hydrogens (primary N) is 1. The Kier molecular flexibility index (Phi) is 5.37. The van der Waals surface area contributed by atoms with E-state index in [1.54, 1.807) is 7.05 Å². The summed E-state index contributed by atoms with van der Waals surface area (Å²) >= 11 is 1.37. The van der Waals surface area contributed by atoms with Crippen molar-refractivity contribution in [3.63, 3.8) is 0 Å². The van der Waals surface area contributed by atoms with Crippen molar-refractivity contribution in [2.45, 2.75) is 31.8 Å². The second kappa shape index (κ2) is 6.60. The van der Waals surface area contributed by atoms with Gasteiger partial charge in [-0.15, -0.1) is 0 Å². The van der Waals surface area contributed by atoms with Gasteiger partial charge in [-0.25, -0.2) is 0 Å². The summed E-state index contributed by atoms with van der Waals surface area (Å²) in [6, 6.07) is 0. The molecule has 8 nitrogen and oxygen atoms in total. The van der Waals surface area contributed by atoms with Gasteiger partial charge >= 0.3 is 11.1 Å². The highest BCUT2D eigenvalue weighted by atomic mass is 32.2. The van der Waals surface area contributed by atoms with Gasteiger partial charge in [0.05, 0.1) is 0 Å². The van der Waals surface area contributed by atoms with Gasteiger partial charge in [-0.1, -0.05) is 30.8 Å². The number of hydrogen-bond acceptors (Lipinski definition) is 6. The first-order valence-electron chi connectivity index (χ1n) is 6.06. The van der Waals surface area contributed by atoms with Crippen LogP contribution >= 0.6 is 11.8 Å². The van der Waals surface area contributed by atoms with Gasteiger partial charge in [-0.2, -0.15) is 4.98 Å². The molecule has 0 radical (unpaired) electrons. The molecule has 0 aliphatic carbocycles. The zero-order valence-electron chi connectivity index (χ0n) is 11.7. The summed E-state index contributed by atoms with van der Waals surface area (Å²) in [4.78, 5) is 25.9. The molecule has 0 saturated carbocycles. The molecule has 4 N–H and O–H groups in total. The predicted molar refractivity (Wildman–Crippen MR) is 77.2 cm³/mol. The van der Waals surface area contributed by atoms with Crippen LogP contribution in [0.15, 0.2) is 19.9 Å². The molecule has 0 fully saturated rings. The molecule has 1 rings (SSSR count). The number of aromatic amines is 1. The van der Waals surface area contributed by atoms with E-state index in [-0.39, 0.29) is 11.3 Å². The lowest BCUT2D eigenvalue weighted by Gasteiger charge is -2.22. The third-order valence-electron chi connectivity index (χ3n) is 2.93. The summed E-state index contributed by atoms with van der Waals surface area (Å²) in [5, 5.41) is 14.5. The molecule has 20 heavy (non-hydrogen) atoms. The second-order valence-corrected chi connectivity index (χ2v) is 6.08. The Morgan fingerprint density at radius 3 is 2.80 bits per heavy atom. The van der Waals surface area contributed by atoms with Crippen molar-refractivity contribution in [1.29, 1.82) is 0 Å². The van der Waals surface area contributed by atoms with Crippen molar-refractivity contribution >= 4 is 17.6 Å². The molecule has 1 aromatic heterocycles. The molecule has 1 heterocycles. The van der Waals surface area contributed by atoms with E-state index in [1.807, 2.05) is 13.8 Å². The van der Waals surface area contributed by atoms with Crippen molar-refractivity contribution in [3.05, 3.63) is 20.7 Å². The van der Waals surface area contributed by atoms with Crippen LogP contribution < -0.4 is 16.9 Å². The fourth-order valence-electron chi connectivity index (χ4n) is 1.53. The van der Waals surface area contributed by atoms with Crippen LogP contribution in [0.3, 0.4) is 0 Å². The lowest BCUT2D eigenvalue weighted by atomic mass is 9.87. The molecule has 9 heteroatoms. The highest BCUT2D eigenvalue weighted by Crippen LogP contribution is 2.24. The maximum absolute atomic E-state index is 11.2. The number of H-pyrrole nitrogens is 1. The molecule has 0 saturated heterocycles. The average molecular weight is 301 g/mol. The van der Waals surface area contributed by atoms with Crippen LogP contribution in [0.5, 0.6) is 0 Å². The highest BCUT2D eigenvalue weighted by Gasteiger charge is 2.22. The first-order chi connectivity index (χ1) is 9.27. The topological polar surface area (TPSA) is 126 Å². The van der Waals surface area contributed by atoms with Crippen LogP contribution in [-0.4, -0.2) is 31.6 Å². The van der Waals surface area contributed by atoms with E-state index in [1.165, 1.54) is 16.4 Å². The molecule has 0 aromatic carbocycles. The van der Waals surface area contributed by atoms with Gasteiger partial charge in [0.25, 0.3) is 0 Å². The van der Waals surface area contributed by atoms with Crippen molar-refractivity contribution < 1.29 is 5.21 Å². The third-order valence-corrected chi connectivity index (χ3v) is 4.04. The number of rotatable bonds is 6. The summed E-state index contributed by atoms with van der Waals surface area (Å²) in [7, 11) is 1.62. The standard InChI is InChI=1S/C11H19N5O3S/c1-11(2,9(12)15-19)5-4-6-20-10-13-7(17)8(18)14-16(10)3/h19H,4-6H2,1-3H3,(H2,12,15)(H,14,18). The van der Waals surface area contributed by atoms with Crippen LogP contribution in [0.4, 0.5) is 0 Å². The van der Waals surface area contributed by atoms with Crippen LogP contribution in [-0.2, 0) is 7.05 Å². The van der Waals surface area contributed by atoms with E-state index in [0.717, 1.165) is 12.8 Å². The van der Waals surface area contributed by atoms with Crippen LogP contribution in [0.2, 0.25) is 0 Å². The fraction of sp³-hybridized carbons (Fsp3) is 0.636. The Hall–Kier alpha value is -1.77. The lowest BCUT2D eigenvalue weighted by Crippen LogP contribution is -2.34. The number of hydrogen-bond donors (Lipinski definition) is 3. The van der Waals surface area contributed by atoms with Crippen molar-refractivity contribution in [2.24, 2.45) is 23.4 Å². The van der Waals surface area contributed by atoms with E-state index in [9.17, 15) is 9.59 Å². The largest absolute Gasteiger partial charge is 0.409 e. The van der Waals surface area contributed by atoms with Crippen molar-refractivity contribution in [1.82, 2.24) is 14.8 Å². The molecule has 0 bridgehead atoms. The Labute approximate surface area is 120 Å². The lowest BCUT2D eigenvalue weighted by molar-refractivity contribution is 0.305. The molecule has 0 aliphatic rings. The monoisotopic (exact) mass is 301 g/mol. The van der Waals surface area contributed by atoms with E-state index in [4.69, 9.17) is 10.9 Å². The van der Waals surface area contributed by atoms with E-state index in [0.29, 0.717) is 10.9 Å². The number of aryl methyl sites for hydroxylation is 1. The van der Waals surface area contributed by atoms with E-state index < -0.39 is 11.1 Å². The highest BCUT2D eigenvalue weighted by molar-refractivity contribution is 7.99. The minimum Gasteiger partial charge on any atom is -0.409 e. The van der Waals surface area contributed by atoms with Gasteiger partial charge in [-0.3, -0.25) is 19.4 Å². The Morgan fingerprint density at radius 2 is 2.20 bits per heavy atom. The molecule has 0 unspecified atom stereocenters. The van der Waals surface area contributed by atoms with Crippen molar-refractivity contribution in [3.8, 4) is 0 Å². The van der Waals surface area contributed by atoms with E-state index in [2.05, 4.69) is 15.2 Å². The van der Waals surface area contributed by atoms with Gasteiger partial charge in [0.2, 0.25) is 0 Å². The van der Waals surface area contributed by atoms with Crippen LogP contribution in [0.1, 0.15) is 26.7 Å². The molecular weight excluding hydrogens is 282 g/mol. The summed E-state index contributed by atoms with van der Waals surface area (Å²) in [5.41, 5.74) is 3.69. The third kappa shape index (κ3) is 4.12. The number of aromatic nitrogens is 3. The predicted octanol–water partition coefficient (Wildman–Crippen LogP) is 0.114.